The molecule has 274 valence electrons. The van der Waals surface area contributed by atoms with Crippen molar-refractivity contribution in [2.24, 2.45) is 11.8 Å². The van der Waals surface area contributed by atoms with Gasteiger partial charge in [0.2, 0.25) is 0 Å². The second kappa shape index (κ2) is 20.2. The summed E-state index contributed by atoms with van der Waals surface area (Å²) in [6.45, 7) is 11.9. The zero-order valence-corrected chi connectivity index (χ0v) is 32.0. The van der Waals surface area contributed by atoms with E-state index in [1.54, 1.807) is 0 Å². The average molecular weight is 697 g/mol. The molecule has 0 aromatic heterocycles. The molecule has 0 spiro atoms. The van der Waals surface area contributed by atoms with Crippen LogP contribution in [0.1, 0.15) is 139 Å². The molecule has 2 aliphatic rings. The molecule has 1 amide bonds. The van der Waals surface area contributed by atoms with Crippen LogP contribution in [-0.2, 0) is 21.2 Å². The van der Waals surface area contributed by atoms with Crippen LogP contribution in [0, 0.1) is 18.8 Å². The number of benzene rings is 2. The van der Waals surface area contributed by atoms with Gasteiger partial charge in [-0.3, -0.25) is 9.69 Å². The first-order chi connectivity index (χ1) is 23.4. The summed E-state index contributed by atoms with van der Waals surface area (Å²) in [5, 5.41) is 12.3. The molecule has 4 rings (SSSR count). The lowest BCUT2D eigenvalue weighted by molar-refractivity contribution is -0.139. The van der Waals surface area contributed by atoms with Crippen molar-refractivity contribution >= 4 is 21.7 Å². The van der Waals surface area contributed by atoms with Gasteiger partial charge in [-0.2, -0.15) is 0 Å². The molecule has 2 aromatic rings. The van der Waals surface area contributed by atoms with E-state index in [0.29, 0.717) is 17.6 Å². The normalized spacial score (nSPS) is 19.9. The van der Waals surface area contributed by atoms with Gasteiger partial charge >= 0.3 is 5.97 Å². The molecule has 1 saturated heterocycles. The van der Waals surface area contributed by atoms with Crippen LogP contribution in [-0.4, -0.2) is 60.4 Å². The van der Waals surface area contributed by atoms with Crippen molar-refractivity contribution in [2.75, 3.05) is 12.0 Å². The Morgan fingerprint density at radius 1 is 0.918 bits per heavy atom. The molecule has 2 N–H and O–H groups in total. The van der Waals surface area contributed by atoms with Gasteiger partial charge in [0.15, 0.2) is 0 Å². The summed E-state index contributed by atoms with van der Waals surface area (Å²) < 4.78 is 23.3. The second-order valence-electron chi connectivity index (χ2n) is 14.9. The van der Waals surface area contributed by atoms with Crippen LogP contribution in [0.3, 0.4) is 0 Å². The third kappa shape index (κ3) is 13.2. The number of carboxylic acid groups (broad SMARTS) is 1. The maximum atomic E-state index is 13.5. The zero-order valence-electron chi connectivity index (χ0n) is 31.2. The molecule has 4 atom stereocenters. The van der Waals surface area contributed by atoms with Gasteiger partial charge < -0.3 is 10.4 Å². The molecule has 0 radical (unpaired) electrons. The third-order valence-electron chi connectivity index (χ3n) is 10.7. The van der Waals surface area contributed by atoms with E-state index < -0.39 is 27.8 Å². The van der Waals surface area contributed by atoms with Gasteiger partial charge in [-0.25, -0.2) is 13.2 Å². The Morgan fingerprint density at radius 2 is 1.61 bits per heavy atom. The van der Waals surface area contributed by atoms with E-state index in [-0.39, 0.29) is 12.2 Å². The fourth-order valence-corrected chi connectivity index (χ4v) is 8.36. The Hall–Kier alpha value is -2.71. The highest BCUT2D eigenvalue weighted by molar-refractivity contribution is 7.90. The summed E-state index contributed by atoms with van der Waals surface area (Å²) in [4.78, 5) is 28.1. The van der Waals surface area contributed by atoms with Gasteiger partial charge in [0, 0.05) is 30.4 Å². The van der Waals surface area contributed by atoms with Crippen LogP contribution in [0.25, 0.3) is 11.1 Å². The molecule has 1 aliphatic heterocycles. The van der Waals surface area contributed by atoms with E-state index in [1.807, 2.05) is 43.3 Å². The van der Waals surface area contributed by atoms with Gasteiger partial charge in [0.25, 0.3) is 5.91 Å². The maximum Gasteiger partial charge on any atom is 0.326 e. The number of likely N-dealkylation sites (tertiary alicyclic amines) is 1. The summed E-state index contributed by atoms with van der Waals surface area (Å²) in [6, 6.07) is 13.7. The van der Waals surface area contributed by atoms with Crippen LogP contribution in [0.15, 0.2) is 42.5 Å². The number of nitrogens with one attached hydrogen (secondary N) is 1. The molecule has 49 heavy (non-hydrogen) atoms. The number of nitrogens with zero attached hydrogens (tertiary/aromatic N) is 1. The van der Waals surface area contributed by atoms with Gasteiger partial charge in [-0.05, 0) is 85.3 Å². The largest absolute Gasteiger partial charge is 0.480 e. The minimum Gasteiger partial charge on any atom is -0.480 e. The van der Waals surface area contributed by atoms with Crippen LogP contribution < -0.4 is 5.32 Å². The first-order valence-electron chi connectivity index (χ1n) is 19.0. The highest BCUT2D eigenvalue weighted by Crippen LogP contribution is 2.37. The topological polar surface area (TPSA) is 104 Å². The number of carbonyl (C=O) groups excluding carboxylic acids is 1. The average Bonchev–Trinajstić information content (AvgIpc) is 3.43. The summed E-state index contributed by atoms with van der Waals surface area (Å²) in [5.74, 6) is -0.304. The minimum atomic E-state index is -3.37. The molecule has 2 fully saturated rings. The fourth-order valence-electron chi connectivity index (χ4n) is 7.70. The van der Waals surface area contributed by atoms with E-state index in [9.17, 15) is 23.1 Å². The monoisotopic (exact) mass is 696 g/mol. The SMILES string of the molecule is CCCC1CCC(CC2CCCCC2)N1Cc1ccc(C(=O)NC(CCS(C)(=O)=O)C(=O)O)c(-c2ccccc2C)c1.CCC[C@H](C)CC. The highest BCUT2D eigenvalue weighted by Gasteiger charge is 2.34. The number of aliphatic carboxylic acids is 1. The molecule has 1 saturated carbocycles. The number of aryl methyl sites for hydroxylation is 1. The first-order valence-corrected chi connectivity index (χ1v) is 21.1. The van der Waals surface area contributed by atoms with Gasteiger partial charge in [-0.1, -0.05) is 116 Å². The number of rotatable bonds is 16. The molecular weight excluding hydrogens is 633 g/mol. The standard InChI is InChI=1S/C34H48N2O5S.C7H16/c1-4-10-27-16-17-28(21-25-12-6-5-7-13-25)36(27)23-26-15-18-30(31(22-26)29-14-9-8-11-24(29)2)33(37)35-32(34(38)39)19-20-42(3,40)41;1-4-6-7(3)5-2/h8-9,11,14-15,18,22,25,27-28,32H,4-7,10,12-13,16-17,19-21,23H2,1-3H3,(H,35,37)(H,38,39);7H,4-6H2,1-3H3/t;7-/m.1/s1. The molecule has 1 aliphatic carbocycles. The van der Waals surface area contributed by atoms with E-state index in [0.717, 1.165) is 53.3 Å². The van der Waals surface area contributed by atoms with Gasteiger partial charge in [0.1, 0.15) is 15.9 Å². The number of carboxylic acids is 1. The van der Waals surface area contributed by atoms with Gasteiger partial charge in [-0.15, -0.1) is 0 Å². The second-order valence-corrected chi connectivity index (χ2v) is 17.1. The Balaban J connectivity index is 0.000000838. The van der Waals surface area contributed by atoms with Crippen LogP contribution in [0.5, 0.6) is 0 Å². The predicted octanol–water partition coefficient (Wildman–Crippen LogP) is 9.22. The van der Waals surface area contributed by atoms with Crippen molar-refractivity contribution in [3.63, 3.8) is 0 Å². The molecule has 1 heterocycles. The Labute approximate surface area is 297 Å². The predicted molar refractivity (Wildman–Crippen MR) is 203 cm³/mol. The smallest absolute Gasteiger partial charge is 0.326 e. The lowest BCUT2D eigenvalue weighted by Crippen LogP contribution is -2.42. The Kier molecular flexibility index (Phi) is 16.8. The molecular formula is C41H64N2O5S. The van der Waals surface area contributed by atoms with Crippen molar-refractivity contribution in [3.05, 3.63) is 59.2 Å². The maximum absolute atomic E-state index is 13.5. The number of hydrogen-bond acceptors (Lipinski definition) is 5. The highest BCUT2D eigenvalue weighted by atomic mass is 32.2. The quantitative estimate of drug-likeness (QED) is 0.181. The zero-order chi connectivity index (χ0) is 36.0. The lowest BCUT2D eigenvalue weighted by atomic mass is 9.84. The number of sulfone groups is 1. The summed E-state index contributed by atoms with van der Waals surface area (Å²) in [5.41, 5.74) is 4.26. The first kappa shape index (κ1) is 40.7. The van der Waals surface area contributed by atoms with Gasteiger partial charge in [0.05, 0.1) is 5.75 Å². The fraction of sp³-hybridized carbons (Fsp3) is 0.659. The number of hydrogen-bond donors (Lipinski definition) is 2. The summed E-state index contributed by atoms with van der Waals surface area (Å²) in [6.07, 6.45) is 17.9. The van der Waals surface area contributed by atoms with E-state index >= 15 is 0 Å². The molecule has 2 aromatic carbocycles. The summed E-state index contributed by atoms with van der Waals surface area (Å²) in [7, 11) is -3.37. The molecule has 8 heteroatoms. The number of carbonyl (C=O) groups is 2. The van der Waals surface area contributed by atoms with Crippen molar-refractivity contribution < 1.29 is 23.1 Å². The van der Waals surface area contributed by atoms with Crippen LogP contribution in [0.2, 0.25) is 0 Å². The Bertz CT molecular complexity index is 1440. The van der Waals surface area contributed by atoms with E-state index in [2.05, 4.69) is 44.0 Å². The third-order valence-corrected chi connectivity index (χ3v) is 11.7. The number of amides is 1. The van der Waals surface area contributed by atoms with E-state index in [1.165, 1.54) is 77.0 Å². The van der Waals surface area contributed by atoms with Crippen molar-refractivity contribution in [1.29, 1.82) is 0 Å². The van der Waals surface area contributed by atoms with Crippen molar-refractivity contribution in [1.82, 2.24) is 10.2 Å². The molecule has 0 bridgehead atoms. The molecule has 3 unspecified atom stereocenters. The van der Waals surface area contributed by atoms with Crippen LogP contribution in [0.4, 0.5) is 0 Å². The van der Waals surface area contributed by atoms with Crippen LogP contribution >= 0.6 is 0 Å². The van der Waals surface area contributed by atoms with Crippen molar-refractivity contribution in [2.45, 2.75) is 149 Å². The summed E-state index contributed by atoms with van der Waals surface area (Å²) >= 11 is 0. The van der Waals surface area contributed by atoms with E-state index in [4.69, 9.17) is 0 Å². The lowest BCUT2D eigenvalue weighted by Gasteiger charge is -2.34. The Morgan fingerprint density at radius 3 is 2.20 bits per heavy atom. The van der Waals surface area contributed by atoms with Crippen molar-refractivity contribution in [3.8, 4) is 11.1 Å². The molecule has 7 nitrogen and oxygen atoms in total. The minimum absolute atomic E-state index is 0.187.